The Morgan fingerprint density at radius 2 is 2.11 bits per heavy atom. The number of benzene rings is 1. The first-order valence-electron chi connectivity index (χ1n) is 6.59. The fourth-order valence-corrected chi connectivity index (χ4v) is 3.06. The van der Waals surface area contributed by atoms with Crippen LogP contribution in [-0.2, 0) is 12.8 Å². The summed E-state index contributed by atoms with van der Waals surface area (Å²) in [6.45, 7) is 4.31. The zero-order valence-corrected chi connectivity index (χ0v) is 12.7. The molecule has 0 amide bonds. The van der Waals surface area contributed by atoms with Gasteiger partial charge in [0.25, 0.3) is 0 Å². The van der Waals surface area contributed by atoms with Crippen LogP contribution < -0.4 is 4.90 Å². The lowest BCUT2D eigenvalue weighted by atomic mass is 10.1. The van der Waals surface area contributed by atoms with E-state index in [1.807, 2.05) is 6.07 Å². The number of aromatic nitrogens is 2. The molecule has 1 unspecified atom stereocenters. The minimum Gasteiger partial charge on any atom is -0.323 e. The van der Waals surface area contributed by atoms with Gasteiger partial charge in [-0.1, -0.05) is 25.1 Å². The molecule has 98 valence electrons. The van der Waals surface area contributed by atoms with E-state index in [2.05, 4.69) is 68.9 Å². The molecule has 3 nitrogen and oxygen atoms in total. The summed E-state index contributed by atoms with van der Waals surface area (Å²) in [5, 5.41) is 0. The molecule has 2 aromatic rings. The SMILES string of the molecule is CCc1nc(Br)cc(N2c3ccccc3CC2C)n1. The predicted molar refractivity (Wildman–Crippen MR) is 80.9 cm³/mol. The smallest absolute Gasteiger partial charge is 0.138 e. The van der Waals surface area contributed by atoms with Gasteiger partial charge in [0.05, 0.1) is 0 Å². The van der Waals surface area contributed by atoms with E-state index in [4.69, 9.17) is 0 Å². The monoisotopic (exact) mass is 317 g/mol. The lowest BCUT2D eigenvalue weighted by Gasteiger charge is -2.24. The van der Waals surface area contributed by atoms with E-state index in [1.165, 1.54) is 11.3 Å². The number of halogens is 1. The second-order valence-electron chi connectivity index (χ2n) is 4.87. The molecule has 1 atom stereocenters. The molecule has 4 heteroatoms. The van der Waals surface area contributed by atoms with E-state index >= 15 is 0 Å². The first-order valence-corrected chi connectivity index (χ1v) is 7.39. The Kier molecular flexibility index (Phi) is 3.27. The molecule has 2 heterocycles. The summed E-state index contributed by atoms with van der Waals surface area (Å²) in [6, 6.07) is 11.0. The van der Waals surface area contributed by atoms with Crippen molar-refractivity contribution < 1.29 is 0 Å². The van der Waals surface area contributed by atoms with Gasteiger partial charge in [-0.25, -0.2) is 9.97 Å². The standard InChI is InChI=1S/C15H16BrN3/c1-3-14-17-13(16)9-15(18-14)19-10(2)8-11-6-4-5-7-12(11)19/h4-7,9-10H,3,8H2,1-2H3. The predicted octanol–water partition coefficient (Wildman–Crippen LogP) is 3.88. The molecule has 0 radical (unpaired) electrons. The molecular formula is C15H16BrN3. The van der Waals surface area contributed by atoms with E-state index in [0.717, 1.165) is 29.1 Å². The average Bonchev–Trinajstić information content (AvgIpc) is 2.73. The number of hydrogen-bond donors (Lipinski definition) is 0. The van der Waals surface area contributed by atoms with Gasteiger partial charge in [-0.3, -0.25) is 0 Å². The molecule has 0 spiro atoms. The molecular weight excluding hydrogens is 302 g/mol. The maximum absolute atomic E-state index is 4.67. The zero-order valence-electron chi connectivity index (χ0n) is 11.1. The number of hydrogen-bond acceptors (Lipinski definition) is 3. The number of rotatable bonds is 2. The van der Waals surface area contributed by atoms with E-state index in [-0.39, 0.29) is 0 Å². The molecule has 19 heavy (non-hydrogen) atoms. The molecule has 0 bridgehead atoms. The summed E-state index contributed by atoms with van der Waals surface area (Å²) in [7, 11) is 0. The van der Waals surface area contributed by atoms with Crippen LogP contribution in [0.4, 0.5) is 11.5 Å². The average molecular weight is 318 g/mol. The van der Waals surface area contributed by atoms with Crippen LogP contribution in [0.15, 0.2) is 34.9 Å². The maximum atomic E-state index is 4.67. The maximum Gasteiger partial charge on any atom is 0.138 e. The van der Waals surface area contributed by atoms with Crippen LogP contribution in [0, 0.1) is 0 Å². The van der Waals surface area contributed by atoms with Gasteiger partial charge >= 0.3 is 0 Å². The minimum atomic E-state index is 0.434. The second-order valence-corrected chi connectivity index (χ2v) is 5.68. The van der Waals surface area contributed by atoms with E-state index in [9.17, 15) is 0 Å². The molecule has 0 aliphatic carbocycles. The van der Waals surface area contributed by atoms with Crippen LogP contribution in [0.25, 0.3) is 0 Å². The number of para-hydroxylation sites is 1. The van der Waals surface area contributed by atoms with Crippen molar-refractivity contribution in [3.63, 3.8) is 0 Å². The van der Waals surface area contributed by atoms with Crippen molar-refractivity contribution in [2.45, 2.75) is 32.7 Å². The van der Waals surface area contributed by atoms with Gasteiger partial charge in [-0.15, -0.1) is 0 Å². The molecule has 0 saturated heterocycles. The Morgan fingerprint density at radius 1 is 1.32 bits per heavy atom. The highest BCUT2D eigenvalue weighted by Gasteiger charge is 2.28. The van der Waals surface area contributed by atoms with Crippen LogP contribution >= 0.6 is 15.9 Å². The van der Waals surface area contributed by atoms with Crippen LogP contribution in [0.2, 0.25) is 0 Å². The van der Waals surface area contributed by atoms with Gasteiger partial charge in [-0.2, -0.15) is 0 Å². The molecule has 0 N–H and O–H groups in total. The van der Waals surface area contributed by atoms with Gasteiger partial charge in [0, 0.05) is 24.2 Å². The molecule has 3 rings (SSSR count). The van der Waals surface area contributed by atoms with Crippen molar-refractivity contribution in [2.24, 2.45) is 0 Å². The molecule has 1 aromatic heterocycles. The minimum absolute atomic E-state index is 0.434. The first-order chi connectivity index (χ1) is 9.19. The third-order valence-electron chi connectivity index (χ3n) is 3.50. The van der Waals surface area contributed by atoms with Crippen molar-refractivity contribution in [2.75, 3.05) is 4.90 Å². The van der Waals surface area contributed by atoms with Crippen molar-refractivity contribution in [1.82, 2.24) is 9.97 Å². The number of aryl methyl sites for hydroxylation is 1. The van der Waals surface area contributed by atoms with Gasteiger partial charge in [0.1, 0.15) is 16.2 Å². The lowest BCUT2D eigenvalue weighted by Crippen LogP contribution is -2.25. The summed E-state index contributed by atoms with van der Waals surface area (Å²) < 4.78 is 0.853. The van der Waals surface area contributed by atoms with Crippen LogP contribution in [0.1, 0.15) is 25.2 Å². The Balaban J connectivity index is 2.09. The fourth-order valence-electron chi connectivity index (χ4n) is 2.65. The molecule has 1 aromatic carbocycles. The van der Waals surface area contributed by atoms with E-state index in [1.54, 1.807) is 0 Å². The van der Waals surface area contributed by atoms with Gasteiger partial charge in [0.15, 0.2) is 0 Å². The third kappa shape index (κ3) is 2.25. The summed E-state index contributed by atoms with van der Waals surface area (Å²) in [4.78, 5) is 11.4. The highest BCUT2D eigenvalue weighted by atomic mass is 79.9. The molecule has 1 aliphatic heterocycles. The summed E-state index contributed by atoms with van der Waals surface area (Å²) in [6.07, 6.45) is 1.91. The van der Waals surface area contributed by atoms with Crippen molar-refractivity contribution in [3.05, 3.63) is 46.3 Å². The topological polar surface area (TPSA) is 29.0 Å². The Labute approximate surface area is 121 Å². The summed E-state index contributed by atoms with van der Waals surface area (Å²) in [5.41, 5.74) is 2.66. The summed E-state index contributed by atoms with van der Waals surface area (Å²) >= 11 is 3.48. The van der Waals surface area contributed by atoms with Crippen molar-refractivity contribution >= 4 is 27.4 Å². The zero-order chi connectivity index (χ0) is 13.4. The van der Waals surface area contributed by atoms with Gasteiger partial charge in [0.2, 0.25) is 0 Å². The van der Waals surface area contributed by atoms with E-state index in [0.29, 0.717) is 6.04 Å². The van der Waals surface area contributed by atoms with E-state index < -0.39 is 0 Å². The van der Waals surface area contributed by atoms with Crippen molar-refractivity contribution in [3.8, 4) is 0 Å². The number of nitrogens with zero attached hydrogens (tertiary/aromatic N) is 3. The second kappa shape index (κ2) is 4.93. The number of fused-ring (bicyclic) bond motifs is 1. The van der Waals surface area contributed by atoms with Crippen LogP contribution in [0.3, 0.4) is 0 Å². The quantitative estimate of drug-likeness (QED) is 0.787. The van der Waals surface area contributed by atoms with Crippen LogP contribution in [0.5, 0.6) is 0 Å². The first kappa shape index (κ1) is 12.6. The molecule has 1 aliphatic rings. The third-order valence-corrected chi connectivity index (χ3v) is 3.90. The highest BCUT2D eigenvalue weighted by molar-refractivity contribution is 9.10. The lowest BCUT2D eigenvalue weighted by molar-refractivity contribution is 0.743. The fraction of sp³-hybridized carbons (Fsp3) is 0.333. The Morgan fingerprint density at radius 3 is 2.89 bits per heavy atom. The van der Waals surface area contributed by atoms with Gasteiger partial charge < -0.3 is 4.90 Å². The number of anilines is 2. The highest BCUT2D eigenvalue weighted by Crippen LogP contribution is 2.37. The molecule has 0 fully saturated rings. The normalized spacial score (nSPS) is 17.6. The van der Waals surface area contributed by atoms with Crippen LogP contribution in [-0.4, -0.2) is 16.0 Å². The largest absolute Gasteiger partial charge is 0.323 e. The Hall–Kier alpha value is -1.42. The van der Waals surface area contributed by atoms with Gasteiger partial charge in [-0.05, 0) is 40.9 Å². The Bertz CT molecular complexity index is 612. The molecule has 0 saturated carbocycles. The summed E-state index contributed by atoms with van der Waals surface area (Å²) in [5.74, 6) is 1.86. The van der Waals surface area contributed by atoms with Crippen molar-refractivity contribution in [1.29, 1.82) is 0 Å².